The number of nitrogens with zero attached hydrogens (tertiary/aromatic N) is 2. The first-order chi connectivity index (χ1) is 10.7. The lowest BCUT2D eigenvalue weighted by Crippen LogP contribution is -2.49. The van der Waals surface area contributed by atoms with Gasteiger partial charge in [0.1, 0.15) is 0 Å². The van der Waals surface area contributed by atoms with Crippen LogP contribution < -0.4 is 10.6 Å². The van der Waals surface area contributed by atoms with Crippen LogP contribution in [0.25, 0.3) is 0 Å². The van der Waals surface area contributed by atoms with Gasteiger partial charge in [0.2, 0.25) is 11.8 Å². The summed E-state index contributed by atoms with van der Waals surface area (Å²) in [7, 11) is 0. The van der Waals surface area contributed by atoms with Gasteiger partial charge in [0, 0.05) is 13.1 Å². The summed E-state index contributed by atoms with van der Waals surface area (Å²) in [5, 5.41) is 6.70. The molecular formula is C18H32N4O2. The number of hydrogen-bond acceptors (Lipinski definition) is 4. The predicted molar refractivity (Wildman–Crippen MR) is 95.2 cm³/mol. The summed E-state index contributed by atoms with van der Waals surface area (Å²) in [6.07, 6.45) is 3.94. The Kier molecular flexibility index (Phi) is 4.39. The van der Waals surface area contributed by atoms with E-state index in [0.29, 0.717) is 13.1 Å². The molecule has 2 aliphatic rings. The Hall–Kier alpha value is -1.40. The summed E-state index contributed by atoms with van der Waals surface area (Å²) in [5.41, 5.74) is -1.84. The van der Waals surface area contributed by atoms with E-state index in [4.69, 9.17) is 0 Å². The Bertz CT molecular complexity index is 526. The fraction of sp³-hybridized carbons (Fsp3) is 0.778. The van der Waals surface area contributed by atoms with E-state index in [2.05, 4.69) is 10.6 Å². The molecule has 2 fully saturated rings. The highest BCUT2D eigenvalue weighted by molar-refractivity contribution is 5.89. The Morgan fingerprint density at radius 2 is 1.00 bits per heavy atom. The zero-order chi connectivity index (χ0) is 18.6. The third-order valence-electron chi connectivity index (χ3n) is 4.89. The van der Waals surface area contributed by atoms with Gasteiger partial charge in [0.05, 0.1) is 22.4 Å². The molecular weight excluding hydrogens is 304 g/mol. The van der Waals surface area contributed by atoms with Crippen molar-refractivity contribution in [1.82, 2.24) is 20.4 Å². The first-order valence-electron chi connectivity index (χ1n) is 8.58. The summed E-state index contributed by atoms with van der Waals surface area (Å²) >= 11 is 0. The molecule has 0 bridgehead atoms. The van der Waals surface area contributed by atoms with Crippen LogP contribution in [0.3, 0.4) is 0 Å². The van der Waals surface area contributed by atoms with Crippen LogP contribution >= 0.6 is 0 Å². The lowest BCUT2D eigenvalue weighted by Gasteiger charge is -2.31. The van der Waals surface area contributed by atoms with Crippen LogP contribution in [-0.4, -0.2) is 57.1 Å². The minimum Gasteiger partial charge on any atom is -0.320 e. The summed E-state index contributed by atoms with van der Waals surface area (Å²) < 4.78 is 0. The SMILES string of the molecule is CC1(C)NC(C)(C)N(CC=CCN2C(=O)C(C)(C)NC2(C)C)C1=O. The van der Waals surface area contributed by atoms with E-state index in [1.807, 2.05) is 77.3 Å². The van der Waals surface area contributed by atoms with Crippen molar-refractivity contribution in [2.24, 2.45) is 0 Å². The highest BCUT2D eigenvalue weighted by atomic mass is 16.2. The minimum atomic E-state index is -0.543. The molecule has 0 atom stereocenters. The second kappa shape index (κ2) is 5.56. The average molecular weight is 336 g/mol. The van der Waals surface area contributed by atoms with Crippen LogP contribution in [0.15, 0.2) is 12.2 Å². The van der Waals surface area contributed by atoms with Gasteiger partial charge in [-0.05, 0) is 55.4 Å². The number of rotatable bonds is 4. The predicted octanol–water partition coefficient (Wildman–Crippen LogP) is 1.44. The van der Waals surface area contributed by atoms with Gasteiger partial charge in [0.15, 0.2) is 0 Å². The lowest BCUT2D eigenvalue weighted by molar-refractivity contribution is -0.134. The Labute approximate surface area is 145 Å². The molecule has 24 heavy (non-hydrogen) atoms. The Morgan fingerprint density at radius 3 is 1.21 bits per heavy atom. The molecule has 2 heterocycles. The van der Waals surface area contributed by atoms with Crippen molar-refractivity contribution in [2.75, 3.05) is 13.1 Å². The van der Waals surface area contributed by atoms with Crippen molar-refractivity contribution in [2.45, 2.75) is 77.8 Å². The number of carbonyl (C=O) groups excluding carboxylic acids is 2. The van der Waals surface area contributed by atoms with Crippen molar-refractivity contribution < 1.29 is 9.59 Å². The molecule has 0 aliphatic carbocycles. The molecule has 6 nitrogen and oxygen atoms in total. The highest BCUT2D eigenvalue weighted by Crippen LogP contribution is 2.28. The standard InChI is InChI=1S/C18H32N4O2/c1-15(2)13(23)21(17(5,6)19-15)11-9-10-12-22-14(24)16(3,4)20-18(22,7)8/h9-10,19-20H,11-12H2,1-8H3. The number of carbonyl (C=O) groups is 2. The maximum absolute atomic E-state index is 12.5. The van der Waals surface area contributed by atoms with Gasteiger partial charge in [-0.1, -0.05) is 12.2 Å². The maximum Gasteiger partial charge on any atom is 0.244 e. The molecule has 2 aliphatic heterocycles. The third-order valence-corrected chi connectivity index (χ3v) is 4.89. The molecule has 6 heteroatoms. The molecule has 136 valence electrons. The maximum atomic E-state index is 12.5. The molecule has 0 spiro atoms. The van der Waals surface area contributed by atoms with Crippen molar-refractivity contribution in [3.05, 3.63) is 12.2 Å². The van der Waals surface area contributed by atoms with Gasteiger partial charge in [-0.3, -0.25) is 20.2 Å². The van der Waals surface area contributed by atoms with E-state index >= 15 is 0 Å². The second-order valence-corrected chi connectivity index (χ2v) is 8.92. The summed E-state index contributed by atoms with van der Waals surface area (Å²) in [6.45, 7) is 16.7. The van der Waals surface area contributed by atoms with Crippen LogP contribution in [-0.2, 0) is 9.59 Å². The van der Waals surface area contributed by atoms with E-state index in [1.54, 1.807) is 0 Å². The summed E-state index contributed by atoms with van der Waals surface area (Å²) in [4.78, 5) is 28.6. The van der Waals surface area contributed by atoms with Gasteiger partial charge >= 0.3 is 0 Å². The smallest absolute Gasteiger partial charge is 0.244 e. The molecule has 2 amide bonds. The van der Waals surface area contributed by atoms with Gasteiger partial charge < -0.3 is 9.80 Å². The molecule has 2 saturated heterocycles. The minimum absolute atomic E-state index is 0.0949. The zero-order valence-electron chi connectivity index (χ0n) is 16.3. The molecule has 0 radical (unpaired) electrons. The van der Waals surface area contributed by atoms with Crippen LogP contribution in [0, 0.1) is 0 Å². The molecule has 0 saturated carbocycles. The molecule has 0 unspecified atom stereocenters. The lowest BCUT2D eigenvalue weighted by atomic mass is 10.1. The van der Waals surface area contributed by atoms with Crippen molar-refractivity contribution in [3.8, 4) is 0 Å². The van der Waals surface area contributed by atoms with Crippen molar-refractivity contribution in [3.63, 3.8) is 0 Å². The van der Waals surface area contributed by atoms with Crippen LogP contribution in [0.5, 0.6) is 0 Å². The van der Waals surface area contributed by atoms with Crippen LogP contribution in [0.2, 0.25) is 0 Å². The molecule has 2 rings (SSSR count). The molecule has 2 N–H and O–H groups in total. The first-order valence-corrected chi connectivity index (χ1v) is 8.58. The Balaban J connectivity index is 2.01. The van der Waals surface area contributed by atoms with Crippen molar-refractivity contribution in [1.29, 1.82) is 0 Å². The van der Waals surface area contributed by atoms with E-state index < -0.39 is 11.1 Å². The number of hydrogen-bond donors (Lipinski definition) is 2. The molecule has 0 aromatic carbocycles. The zero-order valence-corrected chi connectivity index (χ0v) is 16.3. The van der Waals surface area contributed by atoms with Crippen LogP contribution in [0.1, 0.15) is 55.4 Å². The Morgan fingerprint density at radius 1 is 0.708 bits per heavy atom. The molecule has 0 aromatic rings. The van der Waals surface area contributed by atoms with Crippen LogP contribution in [0.4, 0.5) is 0 Å². The largest absolute Gasteiger partial charge is 0.320 e. The fourth-order valence-electron chi connectivity index (χ4n) is 3.94. The van der Waals surface area contributed by atoms with Gasteiger partial charge in [-0.25, -0.2) is 0 Å². The van der Waals surface area contributed by atoms with E-state index in [1.165, 1.54) is 0 Å². The quantitative estimate of drug-likeness (QED) is 0.763. The second-order valence-electron chi connectivity index (χ2n) is 8.92. The normalized spacial score (nSPS) is 27.5. The highest BCUT2D eigenvalue weighted by Gasteiger charge is 2.49. The van der Waals surface area contributed by atoms with Crippen molar-refractivity contribution >= 4 is 11.8 Å². The van der Waals surface area contributed by atoms with Gasteiger partial charge in [0.25, 0.3) is 0 Å². The average Bonchev–Trinajstić information content (AvgIpc) is 2.62. The van der Waals surface area contributed by atoms with Gasteiger partial charge in [-0.2, -0.15) is 0 Å². The topological polar surface area (TPSA) is 64.7 Å². The first kappa shape index (κ1) is 18.9. The summed E-state index contributed by atoms with van der Waals surface area (Å²) in [5.74, 6) is 0.190. The number of amides is 2. The monoisotopic (exact) mass is 336 g/mol. The molecule has 0 aromatic heterocycles. The van der Waals surface area contributed by atoms with E-state index in [0.717, 1.165) is 0 Å². The summed E-state index contributed by atoms with van der Waals surface area (Å²) in [6, 6.07) is 0. The third kappa shape index (κ3) is 3.22. The fourth-order valence-corrected chi connectivity index (χ4v) is 3.94. The van der Waals surface area contributed by atoms with E-state index in [9.17, 15) is 9.59 Å². The number of nitrogens with one attached hydrogen (secondary N) is 2. The van der Waals surface area contributed by atoms with Gasteiger partial charge in [-0.15, -0.1) is 0 Å². The van der Waals surface area contributed by atoms with E-state index in [-0.39, 0.29) is 23.1 Å².